The standard InChI is InChI=1S/C24H25BrN4O2/c1-30-15-16-5-4-6-17(11-16)24(26)19(14-28-23-7-2-3-10-31-23)20-8-9-21-22(29-20)12-18(25)13-27-21/h4-6,8-9,11-14,23H,2-3,7,10,15,26H2,1H3. The van der Waals surface area contributed by atoms with Crippen molar-refractivity contribution < 1.29 is 9.47 Å². The molecule has 4 rings (SSSR count). The number of nitrogens with zero attached hydrogens (tertiary/aromatic N) is 3. The second-order valence-corrected chi connectivity index (χ2v) is 8.36. The van der Waals surface area contributed by atoms with E-state index in [4.69, 9.17) is 20.2 Å². The Morgan fingerprint density at radius 2 is 2.16 bits per heavy atom. The first-order valence-electron chi connectivity index (χ1n) is 10.3. The molecule has 1 aliphatic rings. The second-order valence-electron chi connectivity index (χ2n) is 7.45. The largest absolute Gasteiger partial charge is 0.398 e. The molecule has 3 aromatic rings. The van der Waals surface area contributed by atoms with Crippen LogP contribution in [0.15, 0.2) is 58.1 Å². The first kappa shape index (κ1) is 21.6. The minimum atomic E-state index is -0.146. The summed E-state index contributed by atoms with van der Waals surface area (Å²) in [5.41, 5.74) is 12.3. The van der Waals surface area contributed by atoms with Gasteiger partial charge in [0.15, 0.2) is 0 Å². The van der Waals surface area contributed by atoms with Crippen LogP contribution in [-0.2, 0) is 16.1 Å². The van der Waals surface area contributed by atoms with Gasteiger partial charge in [-0.3, -0.25) is 9.98 Å². The average Bonchev–Trinajstić information content (AvgIpc) is 2.80. The van der Waals surface area contributed by atoms with E-state index < -0.39 is 0 Å². The summed E-state index contributed by atoms with van der Waals surface area (Å²) in [7, 11) is 1.68. The van der Waals surface area contributed by atoms with E-state index in [-0.39, 0.29) is 6.23 Å². The number of fused-ring (bicyclic) bond motifs is 1. The molecule has 0 radical (unpaired) electrons. The maximum atomic E-state index is 6.67. The van der Waals surface area contributed by atoms with Crippen LogP contribution in [0.5, 0.6) is 0 Å². The fourth-order valence-corrected chi connectivity index (χ4v) is 3.87. The number of ether oxygens (including phenoxy) is 2. The lowest BCUT2D eigenvalue weighted by Crippen LogP contribution is -2.17. The number of aromatic nitrogens is 2. The fraction of sp³-hybridized carbons (Fsp3) is 0.292. The van der Waals surface area contributed by atoms with Crippen molar-refractivity contribution in [2.45, 2.75) is 32.1 Å². The predicted molar refractivity (Wildman–Crippen MR) is 127 cm³/mol. The van der Waals surface area contributed by atoms with E-state index in [1.54, 1.807) is 19.5 Å². The van der Waals surface area contributed by atoms with Crippen molar-refractivity contribution in [3.63, 3.8) is 0 Å². The molecule has 1 saturated heterocycles. The Labute approximate surface area is 190 Å². The molecule has 0 bridgehead atoms. The number of pyridine rings is 2. The van der Waals surface area contributed by atoms with Crippen molar-refractivity contribution in [3.8, 4) is 0 Å². The summed E-state index contributed by atoms with van der Waals surface area (Å²) in [6.45, 7) is 1.26. The van der Waals surface area contributed by atoms with E-state index in [9.17, 15) is 0 Å². The topological polar surface area (TPSA) is 82.6 Å². The molecule has 1 unspecified atom stereocenters. The van der Waals surface area contributed by atoms with Gasteiger partial charge in [-0.05, 0) is 70.6 Å². The Kier molecular flexibility index (Phi) is 7.06. The number of halogens is 1. The lowest BCUT2D eigenvalue weighted by atomic mass is 10.0. The van der Waals surface area contributed by atoms with Crippen molar-refractivity contribution >= 4 is 44.4 Å². The van der Waals surface area contributed by atoms with Gasteiger partial charge >= 0.3 is 0 Å². The van der Waals surface area contributed by atoms with Gasteiger partial charge in [0.25, 0.3) is 0 Å². The first-order chi connectivity index (χ1) is 15.1. The Balaban J connectivity index is 1.79. The number of hydrogen-bond donors (Lipinski definition) is 1. The number of aliphatic imine (C=N–C) groups is 1. The van der Waals surface area contributed by atoms with Crippen LogP contribution in [0.4, 0.5) is 0 Å². The zero-order chi connectivity index (χ0) is 21.6. The molecule has 3 heterocycles. The first-order valence-corrected chi connectivity index (χ1v) is 11.1. The Bertz CT molecular complexity index is 1120. The molecule has 2 N–H and O–H groups in total. The molecular formula is C24H25BrN4O2. The van der Waals surface area contributed by atoms with Crippen LogP contribution in [0.3, 0.4) is 0 Å². The van der Waals surface area contributed by atoms with Crippen LogP contribution < -0.4 is 5.73 Å². The molecule has 0 spiro atoms. The summed E-state index contributed by atoms with van der Waals surface area (Å²) < 4.78 is 11.9. The highest BCUT2D eigenvalue weighted by atomic mass is 79.9. The number of hydrogen-bond acceptors (Lipinski definition) is 6. The van der Waals surface area contributed by atoms with Gasteiger partial charge in [-0.25, -0.2) is 4.98 Å². The summed E-state index contributed by atoms with van der Waals surface area (Å²) >= 11 is 3.47. The van der Waals surface area contributed by atoms with Crippen LogP contribution in [-0.4, -0.2) is 36.1 Å². The van der Waals surface area contributed by atoms with Gasteiger partial charge in [-0.2, -0.15) is 0 Å². The quantitative estimate of drug-likeness (QED) is 0.503. The molecule has 6 nitrogen and oxygen atoms in total. The molecule has 7 heteroatoms. The van der Waals surface area contributed by atoms with Gasteiger partial charge in [0.1, 0.15) is 6.23 Å². The number of nitrogens with two attached hydrogens (primary N) is 1. The highest BCUT2D eigenvalue weighted by Crippen LogP contribution is 2.25. The number of benzene rings is 1. The van der Waals surface area contributed by atoms with Crippen molar-refractivity contribution in [2.24, 2.45) is 10.7 Å². The van der Waals surface area contributed by atoms with Gasteiger partial charge in [0, 0.05) is 41.9 Å². The van der Waals surface area contributed by atoms with Gasteiger partial charge in [0.2, 0.25) is 0 Å². The summed E-state index contributed by atoms with van der Waals surface area (Å²) in [5.74, 6) is 0. The van der Waals surface area contributed by atoms with E-state index in [0.29, 0.717) is 12.3 Å². The summed E-state index contributed by atoms with van der Waals surface area (Å²) in [6, 6.07) is 13.8. The molecule has 160 valence electrons. The highest BCUT2D eigenvalue weighted by Gasteiger charge is 2.14. The summed E-state index contributed by atoms with van der Waals surface area (Å²) in [6.07, 6.45) is 6.52. The Morgan fingerprint density at radius 3 is 2.97 bits per heavy atom. The van der Waals surface area contributed by atoms with E-state index in [2.05, 4.69) is 25.9 Å². The third-order valence-electron chi connectivity index (χ3n) is 5.14. The molecule has 1 fully saturated rings. The lowest BCUT2D eigenvalue weighted by molar-refractivity contribution is 0.0227. The van der Waals surface area contributed by atoms with Crippen LogP contribution in [0.1, 0.15) is 36.1 Å². The van der Waals surface area contributed by atoms with E-state index in [0.717, 1.165) is 63.8 Å². The average molecular weight is 481 g/mol. The van der Waals surface area contributed by atoms with E-state index in [1.165, 1.54) is 0 Å². The van der Waals surface area contributed by atoms with Crippen molar-refractivity contribution in [1.82, 2.24) is 9.97 Å². The SMILES string of the molecule is COCc1cccc(C(N)=C(C=NC2CCCCO2)c2ccc3ncc(Br)cc3n2)c1. The molecule has 1 atom stereocenters. The van der Waals surface area contributed by atoms with E-state index >= 15 is 0 Å². The zero-order valence-electron chi connectivity index (χ0n) is 17.4. The second kappa shape index (κ2) is 10.1. The number of rotatable bonds is 6. The molecule has 1 aromatic carbocycles. The molecule has 31 heavy (non-hydrogen) atoms. The van der Waals surface area contributed by atoms with Crippen molar-refractivity contribution in [3.05, 3.63) is 70.0 Å². The monoisotopic (exact) mass is 480 g/mol. The van der Waals surface area contributed by atoms with Gasteiger partial charge in [-0.15, -0.1) is 0 Å². The molecule has 0 saturated carbocycles. The smallest absolute Gasteiger partial charge is 0.148 e. The molecule has 1 aliphatic heterocycles. The van der Waals surface area contributed by atoms with Crippen LogP contribution in [0.25, 0.3) is 22.3 Å². The van der Waals surface area contributed by atoms with E-state index in [1.807, 2.05) is 42.5 Å². The minimum absolute atomic E-state index is 0.146. The van der Waals surface area contributed by atoms with Crippen molar-refractivity contribution in [1.29, 1.82) is 0 Å². The minimum Gasteiger partial charge on any atom is -0.398 e. The van der Waals surface area contributed by atoms with Gasteiger partial charge < -0.3 is 15.2 Å². The van der Waals surface area contributed by atoms with Crippen LogP contribution in [0.2, 0.25) is 0 Å². The lowest BCUT2D eigenvalue weighted by Gasteiger charge is -2.19. The summed E-state index contributed by atoms with van der Waals surface area (Å²) in [5, 5.41) is 0. The Morgan fingerprint density at radius 1 is 1.26 bits per heavy atom. The number of methoxy groups -OCH3 is 1. The normalized spacial score (nSPS) is 17.8. The third kappa shape index (κ3) is 5.36. The molecule has 0 amide bonds. The molecular weight excluding hydrogens is 456 g/mol. The fourth-order valence-electron chi connectivity index (χ4n) is 3.56. The zero-order valence-corrected chi connectivity index (χ0v) is 19.0. The molecule has 2 aromatic heterocycles. The van der Waals surface area contributed by atoms with Crippen LogP contribution in [0, 0.1) is 0 Å². The van der Waals surface area contributed by atoms with Gasteiger partial charge in [-0.1, -0.05) is 18.2 Å². The molecule has 0 aliphatic carbocycles. The van der Waals surface area contributed by atoms with Gasteiger partial charge in [0.05, 0.1) is 23.3 Å². The van der Waals surface area contributed by atoms with Crippen molar-refractivity contribution in [2.75, 3.05) is 13.7 Å². The maximum Gasteiger partial charge on any atom is 0.148 e. The maximum absolute atomic E-state index is 6.67. The summed E-state index contributed by atoms with van der Waals surface area (Å²) in [4.78, 5) is 13.9. The highest BCUT2D eigenvalue weighted by molar-refractivity contribution is 9.10. The predicted octanol–water partition coefficient (Wildman–Crippen LogP) is 4.96. The Hall–Kier alpha value is -2.61. The third-order valence-corrected chi connectivity index (χ3v) is 5.58. The number of allylic oxidation sites excluding steroid dienone is 1. The van der Waals surface area contributed by atoms with Crippen LogP contribution >= 0.6 is 15.9 Å².